The molecule has 19 heavy (non-hydrogen) atoms. The molecule has 0 fully saturated rings. The number of anilines is 1. The van der Waals surface area contributed by atoms with Crippen LogP contribution in [0.3, 0.4) is 0 Å². The van der Waals surface area contributed by atoms with Gasteiger partial charge in [-0.2, -0.15) is 0 Å². The van der Waals surface area contributed by atoms with E-state index >= 15 is 0 Å². The van der Waals surface area contributed by atoms with Gasteiger partial charge in [0, 0.05) is 30.4 Å². The minimum Gasteiger partial charge on any atom is -0.385 e. The van der Waals surface area contributed by atoms with E-state index in [9.17, 15) is 9.18 Å². The number of rotatable bonds is 7. The largest absolute Gasteiger partial charge is 0.385 e. The maximum Gasteiger partial charge on any atom is 0.242 e. The van der Waals surface area contributed by atoms with Gasteiger partial charge in [0.25, 0.3) is 0 Å². The van der Waals surface area contributed by atoms with Crippen LogP contribution in [0.1, 0.15) is 13.3 Å². The van der Waals surface area contributed by atoms with E-state index < -0.39 is 6.04 Å². The fourth-order valence-electron chi connectivity index (χ4n) is 1.49. The number of hydrogen-bond donors (Lipinski definition) is 2. The van der Waals surface area contributed by atoms with Gasteiger partial charge in [0.1, 0.15) is 11.9 Å². The molecule has 6 heteroatoms. The molecule has 0 aliphatic heterocycles. The summed E-state index contributed by atoms with van der Waals surface area (Å²) < 4.78 is 18.4. The Balaban J connectivity index is 2.45. The SMILES string of the molecule is COCCCNC(=O)C(C)Nc1ccc(F)cc1Br. The molecule has 0 bridgehead atoms. The molecule has 0 radical (unpaired) electrons. The molecule has 1 rings (SSSR count). The zero-order chi connectivity index (χ0) is 14.3. The first-order chi connectivity index (χ1) is 9.04. The molecule has 1 aromatic carbocycles. The van der Waals surface area contributed by atoms with Crippen molar-refractivity contribution in [2.75, 3.05) is 25.6 Å². The summed E-state index contributed by atoms with van der Waals surface area (Å²) in [4.78, 5) is 11.8. The Morgan fingerprint density at radius 1 is 1.53 bits per heavy atom. The van der Waals surface area contributed by atoms with Gasteiger partial charge in [-0.1, -0.05) is 0 Å². The molecule has 0 aliphatic rings. The minimum atomic E-state index is -0.399. The maximum absolute atomic E-state index is 12.9. The zero-order valence-electron chi connectivity index (χ0n) is 11.0. The predicted molar refractivity (Wildman–Crippen MR) is 76.7 cm³/mol. The van der Waals surface area contributed by atoms with Gasteiger partial charge in [-0.05, 0) is 47.5 Å². The standard InChI is InChI=1S/C13H18BrFN2O2/c1-9(13(18)16-6-3-7-19-2)17-12-5-4-10(15)8-11(12)14/h4-5,8-9,17H,3,6-7H2,1-2H3,(H,16,18). The van der Waals surface area contributed by atoms with Gasteiger partial charge in [0.05, 0.1) is 0 Å². The monoisotopic (exact) mass is 332 g/mol. The van der Waals surface area contributed by atoms with Gasteiger partial charge in [-0.25, -0.2) is 4.39 Å². The van der Waals surface area contributed by atoms with Crippen molar-refractivity contribution in [3.05, 3.63) is 28.5 Å². The zero-order valence-corrected chi connectivity index (χ0v) is 12.6. The molecule has 4 nitrogen and oxygen atoms in total. The average Bonchev–Trinajstić information content (AvgIpc) is 2.37. The molecule has 0 aliphatic carbocycles. The molecule has 0 aromatic heterocycles. The third-order valence-corrected chi connectivity index (χ3v) is 3.18. The Kier molecular flexibility index (Phi) is 6.80. The Bertz CT molecular complexity index is 429. The number of benzene rings is 1. The molecule has 0 heterocycles. The summed E-state index contributed by atoms with van der Waals surface area (Å²) in [5, 5.41) is 5.82. The van der Waals surface area contributed by atoms with Crippen molar-refractivity contribution in [3.63, 3.8) is 0 Å². The van der Waals surface area contributed by atoms with Crippen molar-refractivity contribution < 1.29 is 13.9 Å². The van der Waals surface area contributed by atoms with Gasteiger partial charge in [-0.3, -0.25) is 4.79 Å². The lowest BCUT2D eigenvalue weighted by atomic mass is 10.2. The highest BCUT2D eigenvalue weighted by molar-refractivity contribution is 9.10. The average molecular weight is 333 g/mol. The molecule has 1 atom stereocenters. The molecule has 106 valence electrons. The number of hydrogen-bond acceptors (Lipinski definition) is 3. The van der Waals surface area contributed by atoms with Crippen molar-refractivity contribution in [2.24, 2.45) is 0 Å². The van der Waals surface area contributed by atoms with Crippen LogP contribution in [0.15, 0.2) is 22.7 Å². The number of halogens is 2. The van der Waals surface area contributed by atoms with Crippen LogP contribution >= 0.6 is 15.9 Å². The van der Waals surface area contributed by atoms with E-state index in [1.807, 2.05) is 0 Å². The summed E-state index contributed by atoms with van der Waals surface area (Å²) in [5.41, 5.74) is 0.681. The second kappa shape index (κ2) is 8.12. The van der Waals surface area contributed by atoms with E-state index in [2.05, 4.69) is 26.6 Å². The van der Waals surface area contributed by atoms with Crippen molar-refractivity contribution >= 4 is 27.5 Å². The van der Waals surface area contributed by atoms with E-state index in [1.54, 1.807) is 20.1 Å². The molecule has 2 N–H and O–H groups in total. The fourth-order valence-corrected chi connectivity index (χ4v) is 1.95. The number of carbonyl (C=O) groups excluding carboxylic acids is 1. The quantitative estimate of drug-likeness (QED) is 0.754. The van der Waals surface area contributed by atoms with Crippen LogP contribution in [0, 0.1) is 5.82 Å². The topological polar surface area (TPSA) is 50.4 Å². The number of methoxy groups -OCH3 is 1. The molecular weight excluding hydrogens is 315 g/mol. The van der Waals surface area contributed by atoms with Crippen LogP contribution in [0.2, 0.25) is 0 Å². The first-order valence-corrected chi connectivity index (χ1v) is 6.82. The van der Waals surface area contributed by atoms with Crippen molar-refractivity contribution in [1.29, 1.82) is 0 Å². The van der Waals surface area contributed by atoms with Crippen LogP contribution < -0.4 is 10.6 Å². The van der Waals surface area contributed by atoms with E-state index in [0.29, 0.717) is 23.3 Å². The van der Waals surface area contributed by atoms with E-state index in [4.69, 9.17) is 4.74 Å². The Hall–Kier alpha value is -1.14. The lowest BCUT2D eigenvalue weighted by molar-refractivity contribution is -0.121. The summed E-state index contributed by atoms with van der Waals surface area (Å²) in [5.74, 6) is -0.429. The summed E-state index contributed by atoms with van der Waals surface area (Å²) >= 11 is 3.25. The molecule has 1 amide bonds. The van der Waals surface area contributed by atoms with E-state index in [0.717, 1.165) is 6.42 Å². The van der Waals surface area contributed by atoms with Crippen LogP contribution in [-0.4, -0.2) is 32.2 Å². The van der Waals surface area contributed by atoms with Gasteiger partial charge in [0.2, 0.25) is 5.91 Å². The number of nitrogens with one attached hydrogen (secondary N) is 2. The fraction of sp³-hybridized carbons (Fsp3) is 0.462. The summed E-state index contributed by atoms with van der Waals surface area (Å²) in [6.07, 6.45) is 0.773. The van der Waals surface area contributed by atoms with Crippen LogP contribution in [-0.2, 0) is 9.53 Å². The second-order valence-electron chi connectivity index (χ2n) is 4.13. The van der Waals surface area contributed by atoms with Gasteiger partial charge in [0.15, 0.2) is 0 Å². The summed E-state index contributed by atoms with van der Waals surface area (Å²) in [6, 6.07) is 3.89. The predicted octanol–water partition coefficient (Wildman–Crippen LogP) is 2.54. The molecule has 0 saturated heterocycles. The highest BCUT2D eigenvalue weighted by atomic mass is 79.9. The minimum absolute atomic E-state index is 0.104. The third-order valence-electron chi connectivity index (χ3n) is 2.52. The Labute approximate surface area is 120 Å². The third kappa shape index (κ3) is 5.57. The number of amides is 1. The lowest BCUT2D eigenvalue weighted by Gasteiger charge is -2.16. The lowest BCUT2D eigenvalue weighted by Crippen LogP contribution is -2.38. The summed E-state index contributed by atoms with van der Waals surface area (Å²) in [7, 11) is 1.62. The van der Waals surface area contributed by atoms with Crippen molar-refractivity contribution in [3.8, 4) is 0 Å². The summed E-state index contributed by atoms with van der Waals surface area (Å²) in [6.45, 7) is 2.94. The number of ether oxygens (including phenoxy) is 1. The highest BCUT2D eigenvalue weighted by Gasteiger charge is 2.13. The number of carbonyl (C=O) groups is 1. The van der Waals surface area contributed by atoms with Crippen molar-refractivity contribution in [2.45, 2.75) is 19.4 Å². The molecular formula is C13H18BrFN2O2. The molecule has 0 saturated carbocycles. The normalized spacial score (nSPS) is 12.0. The molecule has 1 unspecified atom stereocenters. The highest BCUT2D eigenvalue weighted by Crippen LogP contribution is 2.23. The van der Waals surface area contributed by atoms with Gasteiger partial charge in [-0.15, -0.1) is 0 Å². The van der Waals surface area contributed by atoms with Crippen LogP contribution in [0.25, 0.3) is 0 Å². The van der Waals surface area contributed by atoms with Crippen molar-refractivity contribution in [1.82, 2.24) is 5.32 Å². The van der Waals surface area contributed by atoms with Gasteiger partial charge < -0.3 is 15.4 Å². The van der Waals surface area contributed by atoms with Gasteiger partial charge >= 0.3 is 0 Å². The smallest absolute Gasteiger partial charge is 0.242 e. The first-order valence-electron chi connectivity index (χ1n) is 6.03. The molecule has 1 aromatic rings. The maximum atomic E-state index is 12.9. The Morgan fingerprint density at radius 3 is 2.89 bits per heavy atom. The van der Waals surface area contributed by atoms with E-state index in [1.165, 1.54) is 12.1 Å². The Morgan fingerprint density at radius 2 is 2.26 bits per heavy atom. The van der Waals surface area contributed by atoms with E-state index in [-0.39, 0.29) is 11.7 Å². The second-order valence-corrected chi connectivity index (χ2v) is 4.98. The first kappa shape index (κ1) is 15.9. The van der Waals surface area contributed by atoms with Crippen LogP contribution in [0.4, 0.5) is 10.1 Å². The van der Waals surface area contributed by atoms with Crippen LogP contribution in [0.5, 0.6) is 0 Å². The molecule has 0 spiro atoms.